The van der Waals surface area contributed by atoms with Crippen molar-refractivity contribution in [2.24, 2.45) is 0 Å². The summed E-state index contributed by atoms with van der Waals surface area (Å²) in [5, 5.41) is 3.19. The molecular formula is C26H26N2O3. The van der Waals surface area contributed by atoms with Crippen molar-refractivity contribution in [1.29, 1.82) is 0 Å². The fourth-order valence-electron chi connectivity index (χ4n) is 3.54. The monoisotopic (exact) mass is 414 g/mol. The molecule has 0 unspecified atom stereocenters. The van der Waals surface area contributed by atoms with Crippen molar-refractivity contribution in [2.45, 2.75) is 26.9 Å². The standard InChI is InChI=1S/C26H26N2O3/c1-3-30-25-17-21(14-15-24(25)31-18-20-10-6-4-7-11-20)16-23-19(2)27-28(26(23)29)22-12-8-5-9-13-22/h4-15,17,27H,3,16,18H2,1-2H3. The minimum absolute atomic E-state index is 0.0361. The third kappa shape index (κ3) is 4.72. The highest BCUT2D eigenvalue weighted by molar-refractivity contribution is 5.45. The molecule has 0 amide bonds. The summed E-state index contributed by atoms with van der Waals surface area (Å²) in [6.07, 6.45) is 0.514. The van der Waals surface area contributed by atoms with Crippen LogP contribution in [0, 0.1) is 6.92 Å². The van der Waals surface area contributed by atoms with Gasteiger partial charge >= 0.3 is 0 Å². The Kier molecular flexibility index (Phi) is 6.22. The number of aryl methyl sites for hydroxylation is 1. The van der Waals surface area contributed by atoms with E-state index in [4.69, 9.17) is 9.47 Å². The van der Waals surface area contributed by atoms with E-state index in [1.807, 2.05) is 92.7 Å². The number of rotatable bonds is 8. The normalized spacial score (nSPS) is 10.8. The second-order valence-electron chi connectivity index (χ2n) is 7.36. The molecule has 1 heterocycles. The molecule has 3 aromatic carbocycles. The third-order valence-corrected chi connectivity index (χ3v) is 5.13. The smallest absolute Gasteiger partial charge is 0.274 e. The fraction of sp³-hybridized carbons (Fsp3) is 0.192. The van der Waals surface area contributed by atoms with Gasteiger partial charge in [0.1, 0.15) is 6.61 Å². The molecular weight excluding hydrogens is 388 g/mol. The summed E-state index contributed by atoms with van der Waals surface area (Å²) in [5.74, 6) is 1.38. The minimum Gasteiger partial charge on any atom is -0.490 e. The predicted molar refractivity (Wildman–Crippen MR) is 122 cm³/mol. The zero-order chi connectivity index (χ0) is 21.6. The number of nitrogens with one attached hydrogen (secondary N) is 1. The predicted octanol–water partition coefficient (Wildman–Crippen LogP) is 5.04. The molecule has 0 aliphatic heterocycles. The van der Waals surface area contributed by atoms with Gasteiger partial charge in [-0.2, -0.15) is 0 Å². The Hall–Kier alpha value is -3.73. The molecule has 0 atom stereocenters. The van der Waals surface area contributed by atoms with Crippen molar-refractivity contribution in [3.8, 4) is 17.2 Å². The van der Waals surface area contributed by atoms with Gasteiger partial charge in [0.2, 0.25) is 0 Å². The van der Waals surface area contributed by atoms with Gasteiger partial charge in [-0.25, -0.2) is 4.68 Å². The number of H-pyrrole nitrogens is 1. The molecule has 158 valence electrons. The maximum atomic E-state index is 13.0. The molecule has 31 heavy (non-hydrogen) atoms. The summed E-state index contributed by atoms with van der Waals surface area (Å²) in [6.45, 7) is 4.88. The lowest BCUT2D eigenvalue weighted by Gasteiger charge is -2.13. The molecule has 0 radical (unpaired) electrons. The molecule has 1 aromatic heterocycles. The number of ether oxygens (including phenoxy) is 2. The van der Waals surface area contributed by atoms with Gasteiger partial charge in [0, 0.05) is 17.7 Å². The van der Waals surface area contributed by atoms with E-state index < -0.39 is 0 Å². The second-order valence-corrected chi connectivity index (χ2v) is 7.36. The first-order chi connectivity index (χ1) is 15.2. The molecule has 0 saturated heterocycles. The highest BCUT2D eigenvalue weighted by Gasteiger charge is 2.15. The van der Waals surface area contributed by atoms with Gasteiger partial charge in [0.25, 0.3) is 5.56 Å². The summed E-state index contributed by atoms with van der Waals surface area (Å²) in [6, 6.07) is 25.5. The van der Waals surface area contributed by atoms with Gasteiger partial charge in [-0.15, -0.1) is 0 Å². The highest BCUT2D eigenvalue weighted by Crippen LogP contribution is 2.30. The molecule has 5 heteroatoms. The minimum atomic E-state index is -0.0361. The Bertz CT molecular complexity index is 1190. The summed E-state index contributed by atoms with van der Waals surface area (Å²) < 4.78 is 13.4. The van der Waals surface area contributed by atoms with Crippen LogP contribution < -0.4 is 15.0 Å². The molecule has 0 aliphatic carbocycles. The van der Waals surface area contributed by atoms with Crippen molar-refractivity contribution in [3.05, 3.63) is 112 Å². The van der Waals surface area contributed by atoms with Crippen LogP contribution in [0.3, 0.4) is 0 Å². The average Bonchev–Trinajstić information content (AvgIpc) is 3.08. The lowest BCUT2D eigenvalue weighted by molar-refractivity contribution is 0.269. The van der Waals surface area contributed by atoms with Crippen LogP contribution in [-0.4, -0.2) is 16.4 Å². The van der Waals surface area contributed by atoms with E-state index in [1.165, 1.54) is 0 Å². The molecule has 4 aromatic rings. The summed E-state index contributed by atoms with van der Waals surface area (Å²) >= 11 is 0. The number of para-hydroxylation sites is 1. The first-order valence-corrected chi connectivity index (χ1v) is 10.4. The van der Waals surface area contributed by atoms with E-state index in [9.17, 15) is 4.79 Å². The summed E-state index contributed by atoms with van der Waals surface area (Å²) in [4.78, 5) is 13.0. The Morgan fingerprint density at radius 1 is 0.839 bits per heavy atom. The van der Waals surface area contributed by atoms with Crippen molar-refractivity contribution in [1.82, 2.24) is 9.78 Å². The first kappa shape index (κ1) is 20.5. The number of aromatic amines is 1. The van der Waals surface area contributed by atoms with Gasteiger partial charge in [-0.1, -0.05) is 54.6 Å². The summed E-state index contributed by atoms with van der Waals surface area (Å²) in [5.41, 5.74) is 4.47. The van der Waals surface area contributed by atoms with Crippen LogP contribution in [0.5, 0.6) is 11.5 Å². The second kappa shape index (κ2) is 9.39. The van der Waals surface area contributed by atoms with Crippen LogP contribution in [0.1, 0.15) is 29.3 Å². The molecule has 4 rings (SSSR count). The number of benzene rings is 3. The quantitative estimate of drug-likeness (QED) is 0.439. The van der Waals surface area contributed by atoms with Crippen LogP contribution in [0.25, 0.3) is 5.69 Å². The topological polar surface area (TPSA) is 56.2 Å². The number of hydrogen-bond donors (Lipinski definition) is 1. The Balaban J connectivity index is 1.57. The Labute approximate surface area is 181 Å². The van der Waals surface area contributed by atoms with Gasteiger partial charge in [0.05, 0.1) is 12.3 Å². The van der Waals surface area contributed by atoms with Gasteiger partial charge in [-0.3, -0.25) is 9.89 Å². The van der Waals surface area contributed by atoms with Crippen LogP contribution >= 0.6 is 0 Å². The number of nitrogens with zero attached hydrogens (tertiary/aromatic N) is 1. The zero-order valence-corrected chi connectivity index (χ0v) is 17.8. The molecule has 0 bridgehead atoms. The van der Waals surface area contributed by atoms with Crippen molar-refractivity contribution in [3.63, 3.8) is 0 Å². The molecule has 0 aliphatic rings. The highest BCUT2D eigenvalue weighted by atomic mass is 16.5. The fourth-order valence-corrected chi connectivity index (χ4v) is 3.54. The zero-order valence-electron chi connectivity index (χ0n) is 17.8. The molecule has 0 fully saturated rings. The van der Waals surface area contributed by atoms with Crippen LogP contribution in [0.4, 0.5) is 0 Å². The van der Waals surface area contributed by atoms with E-state index >= 15 is 0 Å². The Morgan fingerprint density at radius 2 is 1.55 bits per heavy atom. The Morgan fingerprint density at radius 3 is 2.26 bits per heavy atom. The van der Waals surface area contributed by atoms with Crippen molar-refractivity contribution >= 4 is 0 Å². The molecule has 0 saturated carbocycles. The number of aromatic nitrogens is 2. The van der Waals surface area contributed by atoms with Crippen molar-refractivity contribution < 1.29 is 9.47 Å². The first-order valence-electron chi connectivity index (χ1n) is 10.4. The third-order valence-electron chi connectivity index (χ3n) is 5.13. The van der Waals surface area contributed by atoms with E-state index in [-0.39, 0.29) is 5.56 Å². The van der Waals surface area contributed by atoms with Gasteiger partial charge in [-0.05, 0) is 49.2 Å². The maximum absolute atomic E-state index is 13.0. The number of hydrogen-bond acceptors (Lipinski definition) is 3. The molecule has 5 nitrogen and oxygen atoms in total. The molecule has 1 N–H and O–H groups in total. The SMILES string of the molecule is CCOc1cc(Cc2c(C)[nH]n(-c3ccccc3)c2=O)ccc1OCc1ccccc1. The molecule has 0 spiro atoms. The average molecular weight is 415 g/mol. The maximum Gasteiger partial charge on any atom is 0.274 e. The lowest BCUT2D eigenvalue weighted by Crippen LogP contribution is -2.17. The summed E-state index contributed by atoms with van der Waals surface area (Å²) in [7, 11) is 0. The van der Waals surface area contributed by atoms with Gasteiger partial charge < -0.3 is 9.47 Å². The van der Waals surface area contributed by atoms with E-state index in [0.717, 1.165) is 28.1 Å². The van der Waals surface area contributed by atoms with E-state index in [1.54, 1.807) is 4.68 Å². The van der Waals surface area contributed by atoms with E-state index in [0.29, 0.717) is 31.1 Å². The van der Waals surface area contributed by atoms with Crippen LogP contribution in [0.2, 0.25) is 0 Å². The van der Waals surface area contributed by atoms with Crippen LogP contribution in [0.15, 0.2) is 83.7 Å². The van der Waals surface area contributed by atoms with Crippen LogP contribution in [-0.2, 0) is 13.0 Å². The lowest BCUT2D eigenvalue weighted by atomic mass is 10.1. The largest absolute Gasteiger partial charge is 0.490 e. The van der Waals surface area contributed by atoms with Gasteiger partial charge in [0.15, 0.2) is 11.5 Å². The van der Waals surface area contributed by atoms with E-state index in [2.05, 4.69) is 5.10 Å². The van der Waals surface area contributed by atoms with Crippen molar-refractivity contribution in [2.75, 3.05) is 6.61 Å².